The molecule has 0 spiro atoms. The molecule has 148 valence electrons. The quantitative estimate of drug-likeness (QED) is 0.879. The first-order valence-electron chi connectivity index (χ1n) is 9.66. The number of hydrogen-bond donors (Lipinski definition) is 1. The number of nitrogens with one attached hydrogen (secondary N) is 1. The highest BCUT2D eigenvalue weighted by Crippen LogP contribution is 2.29. The lowest BCUT2D eigenvalue weighted by atomic mass is 10.1. The molecule has 3 amide bonds. The second kappa shape index (κ2) is 8.17. The lowest BCUT2D eigenvalue weighted by molar-refractivity contribution is 0.0766. The molecule has 2 aliphatic heterocycles. The molecule has 7 nitrogen and oxygen atoms in total. The zero-order valence-corrected chi connectivity index (χ0v) is 16.7. The highest BCUT2D eigenvalue weighted by molar-refractivity contribution is 5.98. The number of nitrogens with zero attached hydrogens (tertiary/aromatic N) is 3. The summed E-state index contributed by atoms with van der Waals surface area (Å²) in [4.78, 5) is 31.3. The zero-order chi connectivity index (χ0) is 19.6. The van der Waals surface area contributed by atoms with Gasteiger partial charge in [-0.2, -0.15) is 0 Å². The fraction of sp³-hybridized carbons (Fsp3) is 0.600. The maximum absolute atomic E-state index is 13.1. The summed E-state index contributed by atoms with van der Waals surface area (Å²) in [5.74, 6) is 0.436. The molecule has 27 heavy (non-hydrogen) atoms. The normalized spacial score (nSPS) is 22.3. The van der Waals surface area contributed by atoms with Gasteiger partial charge in [-0.3, -0.25) is 9.69 Å². The molecular formula is C20H30N4O3. The smallest absolute Gasteiger partial charge is 0.322 e. The number of carbonyl (C=O) groups is 2. The minimum absolute atomic E-state index is 0.112. The molecule has 0 bridgehead atoms. The molecular weight excluding hydrogens is 344 g/mol. The fourth-order valence-corrected chi connectivity index (χ4v) is 4.07. The average Bonchev–Trinajstić information content (AvgIpc) is 3.13. The molecule has 0 aliphatic carbocycles. The van der Waals surface area contributed by atoms with E-state index in [1.54, 1.807) is 39.4 Å². The van der Waals surface area contributed by atoms with Gasteiger partial charge in [-0.15, -0.1) is 0 Å². The predicted molar refractivity (Wildman–Crippen MR) is 105 cm³/mol. The van der Waals surface area contributed by atoms with Gasteiger partial charge >= 0.3 is 6.03 Å². The highest BCUT2D eigenvalue weighted by Gasteiger charge is 2.37. The molecule has 2 unspecified atom stereocenters. The Kier molecular flexibility index (Phi) is 5.89. The molecule has 1 aromatic carbocycles. The summed E-state index contributed by atoms with van der Waals surface area (Å²) in [6.07, 6.45) is 3.28. The van der Waals surface area contributed by atoms with Crippen LogP contribution in [0.5, 0.6) is 5.75 Å². The molecule has 2 fully saturated rings. The van der Waals surface area contributed by atoms with E-state index in [1.165, 1.54) is 11.3 Å². The molecule has 2 heterocycles. The van der Waals surface area contributed by atoms with Crippen molar-refractivity contribution in [2.24, 2.45) is 0 Å². The second-order valence-electron chi connectivity index (χ2n) is 7.55. The van der Waals surface area contributed by atoms with Crippen LogP contribution in [0.25, 0.3) is 0 Å². The molecule has 3 rings (SSSR count). The lowest BCUT2D eigenvalue weighted by Crippen LogP contribution is -2.58. The Bertz CT molecular complexity index is 706. The van der Waals surface area contributed by atoms with Crippen molar-refractivity contribution in [1.29, 1.82) is 0 Å². The van der Waals surface area contributed by atoms with Gasteiger partial charge in [0.25, 0.3) is 5.91 Å². The number of amides is 3. The van der Waals surface area contributed by atoms with Crippen molar-refractivity contribution in [1.82, 2.24) is 14.7 Å². The Morgan fingerprint density at radius 2 is 2.07 bits per heavy atom. The van der Waals surface area contributed by atoms with Crippen LogP contribution < -0.4 is 10.1 Å². The first-order valence-corrected chi connectivity index (χ1v) is 9.66. The molecule has 2 saturated heterocycles. The summed E-state index contributed by atoms with van der Waals surface area (Å²) in [7, 11) is 4.97. The van der Waals surface area contributed by atoms with Crippen LogP contribution >= 0.6 is 0 Å². The van der Waals surface area contributed by atoms with Gasteiger partial charge in [-0.05, 0) is 44.0 Å². The van der Waals surface area contributed by atoms with Crippen LogP contribution in [0.15, 0.2) is 18.2 Å². The van der Waals surface area contributed by atoms with Gasteiger partial charge in [0.1, 0.15) is 5.75 Å². The van der Waals surface area contributed by atoms with E-state index in [0.717, 1.165) is 32.5 Å². The lowest BCUT2D eigenvalue weighted by Gasteiger charge is -2.43. The third-order valence-corrected chi connectivity index (χ3v) is 5.62. The van der Waals surface area contributed by atoms with Crippen LogP contribution in [0.3, 0.4) is 0 Å². The first-order chi connectivity index (χ1) is 12.9. The number of carbonyl (C=O) groups excluding carboxylic acids is 2. The molecule has 2 atom stereocenters. The fourth-order valence-electron chi connectivity index (χ4n) is 4.07. The number of hydrogen-bond acceptors (Lipinski definition) is 4. The molecule has 1 aromatic rings. The monoisotopic (exact) mass is 374 g/mol. The van der Waals surface area contributed by atoms with Crippen LogP contribution in [-0.2, 0) is 0 Å². The Balaban J connectivity index is 1.79. The van der Waals surface area contributed by atoms with Crippen molar-refractivity contribution in [3.05, 3.63) is 23.8 Å². The molecule has 0 radical (unpaired) electrons. The van der Waals surface area contributed by atoms with Gasteiger partial charge in [-0.1, -0.05) is 6.92 Å². The number of benzene rings is 1. The van der Waals surface area contributed by atoms with Crippen LogP contribution in [-0.4, -0.2) is 79.6 Å². The van der Waals surface area contributed by atoms with E-state index in [2.05, 4.69) is 17.1 Å². The van der Waals surface area contributed by atoms with Gasteiger partial charge in [0.15, 0.2) is 0 Å². The predicted octanol–water partition coefficient (Wildman–Crippen LogP) is 2.49. The van der Waals surface area contributed by atoms with Gasteiger partial charge in [0, 0.05) is 44.8 Å². The third kappa shape index (κ3) is 4.03. The number of rotatable bonds is 4. The maximum Gasteiger partial charge on any atom is 0.322 e. The number of piperazine rings is 1. The van der Waals surface area contributed by atoms with E-state index >= 15 is 0 Å². The SMILES string of the molecule is CCC1CN2CCCC2CN1C(=O)Nc1cc(C(=O)N(C)C)ccc1OC. The Morgan fingerprint density at radius 1 is 1.30 bits per heavy atom. The number of methoxy groups -OCH3 is 1. The second-order valence-corrected chi connectivity index (χ2v) is 7.55. The van der Waals surface area contributed by atoms with Crippen molar-refractivity contribution in [2.75, 3.05) is 46.2 Å². The zero-order valence-electron chi connectivity index (χ0n) is 16.7. The van der Waals surface area contributed by atoms with Crippen molar-refractivity contribution in [3.8, 4) is 5.75 Å². The summed E-state index contributed by atoms with van der Waals surface area (Å²) >= 11 is 0. The largest absolute Gasteiger partial charge is 0.495 e. The van der Waals surface area contributed by atoms with E-state index in [-0.39, 0.29) is 18.0 Å². The summed E-state index contributed by atoms with van der Waals surface area (Å²) in [6, 6.07) is 5.66. The Labute approximate surface area is 161 Å². The van der Waals surface area contributed by atoms with Gasteiger partial charge < -0.3 is 19.9 Å². The van der Waals surface area contributed by atoms with Crippen molar-refractivity contribution >= 4 is 17.6 Å². The van der Waals surface area contributed by atoms with Crippen LogP contribution in [0.2, 0.25) is 0 Å². The minimum atomic E-state index is -0.124. The average molecular weight is 374 g/mol. The molecule has 0 aromatic heterocycles. The van der Waals surface area contributed by atoms with E-state index in [9.17, 15) is 9.59 Å². The third-order valence-electron chi connectivity index (χ3n) is 5.62. The minimum Gasteiger partial charge on any atom is -0.495 e. The Morgan fingerprint density at radius 3 is 2.74 bits per heavy atom. The molecule has 1 N–H and O–H groups in total. The van der Waals surface area contributed by atoms with E-state index in [0.29, 0.717) is 23.0 Å². The molecule has 0 saturated carbocycles. The molecule has 7 heteroatoms. The number of anilines is 1. The topological polar surface area (TPSA) is 65.1 Å². The summed E-state index contributed by atoms with van der Waals surface area (Å²) in [5.41, 5.74) is 1.04. The van der Waals surface area contributed by atoms with Gasteiger partial charge in [0.2, 0.25) is 0 Å². The van der Waals surface area contributed by atoms with E-state index < -0.39 is 0 Å². The first kappa shape index (κ1) is 19.5. The van der Waals surface area contributed by atoms with Crippen LogP contribution in [0.4, 0.5) is 10.5 Å². The number of fused-ring (bicyclic) bond motifs is 1. The summed E-state index contributed by atoms with van der Waals surface area (Å²) < 4.78 is 5.38. The van der Waals surface area contributed by atoms with Crippen molar-refractivity contribution in [3.63, 3.8) is 0 Å². The number of urea groups is 1. The van der Waals surface area contributed by atoms with Crippen molar-refractivity contribution < 1.29 is 14.3 Å². The Hall–Kier alpha value is -2.28. The van der Waals surface area contributed by atoms with Gasteiger partial charge in [-0.25, -0.2) is 4.79 Å². The van der Waals surface area contributed by atoms with E-state index in [1.807, 2.05) is 4.90 Å². The summed E-state index contributed by atoms with van der Waals surface area (Å²) in [6.45, 7) is 4.95. The maximum atomic E-state index is 13.1. The van der Waals surface area contributed by atoms with Crippen LogP contribution in [0, 0.1) is 0 Å². The highest BCUT2D eigenvalue weighted by atomic mass is 16.5. The van der Waals surface area contributed by atoms with E-state index in [4.69, 9.17) is 4.74 Å². The number of ether oxygens (including phenoxy) is 1. The molecule has 2 aliphatic rings. The van der Waals surface area contributed by atoms with Gasteiger partial charge in [0.05, 0.1) is 12.8 Å². The van der Waals surface area contributed by atoms with Crippen LogP contribution in [0.1, 0.15) is 36.5 Å². The summed E-state index contributed by atoms with van der Waals surface area (Å²) in [5, 5.41) is 2.98. The van der Waals surface area contributed by atoms with Crippen molar-refractivity contribution in [2.45, 2.75) is 38.3 Å². The standard InChI is InChI=1S/C20H30N4O3/c1-5-15-12-23-10-6-7-16(23)13-24(15)20(26)21-17-11-14(19(25)22(2)3)8-9-18(17)27-4/h8-9,11,15-16H,5-7,10,12-13H2,1-4H3,(H,21,26).